The van der Waals surface area contributed by atoms with Crippen molar-refractivity contribution in [2.45, 2.75) is 95.2 Å². The van der Waals surface area contributed by atoms with Crippen molar-refractivity contribution in [2.24, 2.45) is 44.6 Å². The predicted molar refractivity (Wildman–Crippen MR) is 393 cm³/mol. The number of nitrogens with zero attached hydrogens (tertiary/aromatic N) is 6. The van der Waals surface area contributed by atoms with E-state index >= 15 is 0 Å². The zero-order valence-corrected chi connectivity index (χ0v) is 64.7. The van der Waals surface area contributed by atoms with Gasteiger partial charge in [-0.25, -0.2) is 0 Å². The molecule has 47 heteroatoms. The Kier molecular flexibility index (Phi) is 52.4. The number of amides is 12. The summed E-state index contributed by atoms with van der Waals surface area (Å²) in [5.74, 6) is -14.2. The minimum atomic E-state index is -1.74. The van der Waals surface area contributed by atoms with Crippen molar-refractivity contribution in [2.75, 3.05) is 175 Å². The zero-order chi connectivity index (χ0) is 79.7. The third-order valence-electron chi connectivity index (χ3n) is 15.1. The number of hydrogen-bond donors (Lipinski definition) is 23. The van der Waals surface area contributed by atoms with Gasteiger partial charge in [-0.2, -0.15) is 25.3 Å². The number of aliphatic imine (C=N–C) groups is 2. The van der Waals surface area contributed by atoms with Crippen molar-refractivity contribution in [3.05, 3.63) is 0 Å². The molecular formula is C60H109GaN23O21S2. The minimum Gasteiger partial charge on any atom is -0.480 e. The molecule has 1 fully saturated rings. The van der Waals surface area contributed by atoms with E-state index in [-0.39, 0.29) is 218 Å². The first-order valence-electron chi connectivity index (χ1n) is 34.0. The fourth-order valence-corrected chi connectivity index (χ4v) is 10.1. The molecule has 0 aromatic heterocycles. The van der Waals surface area contributed by atoms with Crippen LogP contribution in [0.15, 0.2) is 9.98 Å². The van der Waals surface area contributed by atoms with Crippen molar-refractivity contribution in [1.29, 1.82) is 0 Å². The summed E-state index contributed by atoms with van der Waals surface area (Å²) in [5.41, 5.74) is 27.1. The number of rotatable bonds is 51. The van der Waals surface area contributed by atoms with Crippen LogP contribution in [-0.4, -0.2) is 378 Å². The third-order valence-corrected chi connectivity index (χ3v) is 15.8. The topological polar surface area (TPSA) is 668 Å². The maximum absolute atomic E-state index is 13.9. The van der Waals surface area contributed by atoms with Gasteiger partial charge in [0, 0.05) is 110 Å². The van der Waals surface area contributed by atoms with Crippen LogP contribution in [0.2, 0.25) is 0 Å². The molecule has 0 aromatic carbocycles. The van der Waals surface area contributed by atoms with Crippen LogP contribution in [0.25, 0.3) is 0 Å². The number of nitrogens with one attached hydrogen (secondary N) is 12. The van der Waals surface area contributed by atoms with Gasteiger partial charge in [-0.3, -0.25) is 102 Å². The van der Waals surface area contributed by atoms with Gasteiger partial charge >= 0.3 is 17.9 Å². The Bertz CT molecular complexity index is 2900. The number of guanidine groups is 2. The Balaban J connectivity index is 0.000112. The SMILES string of the molecule is CC(C)C[C@H](NC(=O)[C@H](CS)NC(=O)[C@H](C)NC(=O)CN)C(=O)N[C@@H](CCCN=C(N)N)C(=O)N[C@@H](CO)C(=O)NCC(=O)N[C@@H](CCCN=C(N)N)C(=O)NCC(=O)N[C@@H](CS)C(=O)NCC(=O)NCCOCCOCCNC(=O)CN1CCN(CC(=O)O)CCN(CC(=O)O)CCN(CC(=O)O)CC1.[68Ga]. The van der Waals surface area contributed by atoms with Crippen molar-refractivity contribution in [1.82, 2.24) is 83.4 Å². The molecule has 0 spiro atoms. The second kappa shape index (κ2) is 56.8. The molecule has 107 heavy (non-hydrogen) atoms. The molecule has 0 unspecified atom stereocenters. The largest absolute Gasteiger partial charge is 0.480 e. The van der Waals surface area contributed by atoms with Gasteiger partial charge in [-0.05, 0) is 44.9 Å². The molecule has 0 aromatic rings. The summed E-state index contributed by atoms with van der Waals surface area (Å²) >= 11 is 8.28. The summed E-state index contributed by atoms with van der Waals surface area (Å²) in [6, 6.07) is -9.58. The van der Waals surface area contributed by atoms with E-state index in [1.807, 2.05) is 0 Å². The molecule has 44 nitrogen and oxygen atoms in total. The van der Waals surface area contributed by atoms with E-state index in [1.165, 1.54) is 6.92 Å². The third kappa shape index (κ3) is 47.1. The maximum Gasteiger partial charge on any atom is 0.317 e. The van der Waals surface area contributed by atoms with Gasteiger partial charge in [0.1, 0.15) is 42.3 Å². The number of carboxylic acids is 3. The van der Waals surface area contributed by atoms with Gasteiger partial charge in [-0.15, -0.1) is 0 Å². The van der Waals surface area contributed by atoms with Crippen LogP contribution in [0.4, 0.5) is 0 Å². The van der Waals surface area contributed by atoms with E-state index in [9.17, 15) is 92.3 Å². The number of carboxylic acid groups (broad SMARTS) is 3. The van der Waals surface area contributed by atoms with Crippen LogP contribution >= 0.6 is 25.3 Å². The second-order valence-corrected chi connectivity index (χ2v) is 25.1. The second-order valence-electron chi connectivity index (χ2n) is 24.4. The summed E-state index contributed by atoms with van der Waals surface area (Å²) in [4.78, 5) is 206. The zero-order valence-electron chi connectivity index (χ0n) is 60.5. The minimum absolute atomic E-state index is 0. The van der Waals surface area contributed by atoms with E-state index in [2.05, 4.69) is 99.0 Å². The molecule has 1 aliphatic rings. The standard InChI is InChI=1S/C60H109N23O21S2.Ga/c1-36(2)24-40(77-58(102)43(35-106)79-52(96)37(3)73-44(85)25-61)57(101)76-39(7-5-9-69-60(64)65)56(100)78-41(33-84)54(98)72-27-46(87)74-38(6-4-8-68-59(62)63)53(97)71-28-47(88)75-42(34-105)55(99)70-26-45(86)66-10-20-103-22-23-104-21-11-67-48(89)29-80-12-14-81(30-49(90)91)16-18-83(32-51(94)95)19-17-82(15-13-80)31-50(92)93;/h36-43,84,105-106H,4-35,61H2,1-3H3,(H,66,86)(H,67,89)(H,70,99)(H,71,97)(H,72,98)(H,73,85)(H,74,87)(H,75,88)(H,76,101)(H,77,102)(H,78,100)(H,79,96)(H,90,91)(H,92,93)(H,94,95)(H4,62,63,68)(H4,64,65,69);/t37-,38-,39-,40-,41-,42-,43-;/m0./s1/i;1-2. The van der Waals surface area contributed by atoms with E-state index in [4.69, 9.17) is 38.1 Å². The maximum atomic E-state index is 13.9. The average Bonchev–Trinajstić information content (AvgIpc) is 0.868. The fourth-order valence-electron chi connectivity index (χ4n) is 9.63. The van der Waals surface area contributed by atoms with Gasteiger partial charge in [0.2, 0.25) is 70.9 Å². The Labute approximate surface area is 643 Å². The van der Waals surface area contributed by atoms with Crippen molar-refractivity contribution < 1.29 is 102 Å². The summed E-state index contributed by atoms with van der Waals surface area (Å²) in [6.45, 7) is 2.83. The van der Waals surface area contributed by atoms with Crippen molar-refractivity contribution in [3.63, 3.8) is 0 Å². The number of ether oxygens (including phenoxy) is 2. The molecule has 1 rings (SSSR count). The van der Waals surface area contributed by atoms with E-state index < -0.39 is 158 Å². The van der Waals surface area contributed by atoms with Crippen LogP contribution in [0.3, 0.4) is 0 Å². The molecule has 0 saturated carbocycles. The van der Waals surface area contributed by atoms with Crippen molar-refractivity contribution >= 4 is 146 Å². The van der Waals surface area contributed by atoms with Crippen LogP contribution < -0.4 is 92.5 Å². The number of nitrogens with two attached hydrogens (primary N) is 5. The molecule has 0 aliphatic carbocycles. The Morgan fingerprint density at radius 1 is 0.421 bits per heavy atom. The summed E-state index contributed by atoms with van der Waals surface area (Å²) in [5, 5.41) is 67.8. The van der Waals surface area contributed by atoms with Gasteiger partial charge in [0.25, 0.3) is 0 Å². The summed E-state index contributed by atoms with van der Waals surface area (Å²) < 4.78 is 11.0. The van der Waals surface area contributed by atoms with E-state index in [1.54, 1.807) is 33.4 Å². The molecule has 3 radical (unpaired) electrons. The number of aliphatic hydroxyl groups excluding tert-OH is 1. The number of carbonyl (C=O) groups is 15. The smallest absolute Gasteiger partial charge is 0.317 e. The summed E-state index contributed by atoms with van der Waals surface area (Å²) in [6.07, 6.45) is -0.0746. The first-order valence-corrected chi connectivity index (χ1v) is 35.3. The summed E-state index contributed by atoms with van der Waals surface area (Å²) in [7, 11) is 0. The van der Waals surface area contributed by atoms with Crippen LogP contribution in [0.5, 0.6) is 0 Å². The molecule has 1 aliphatic heterocycles. The van der Waals surface area contributed by atoms with Gasteiger partial charge in [0.15, 0.2) is 11.9 Å². The molecule has 26 N–H and O–H groups in total. The molecular weight excluding hydrogens is 1510 g/mol. The Morgan fingerprint density at radius 3 is 1.18 bits per heavy atom. The first kappa shape index (κ1) is 98.6. The van der Waals surface area contributed by atoms with Crippen LogP contribution in [0, 0.1) is 5.92 Å². The van der Waals surface area contributed by atoms with Crippen LogP contribution in [0.1, 0.15) is 52.9 Å². The van der Waals surface area contributed by atoms with Crippen LogP contribution in [-0.2, 0) is 81.4 Å². The number of hydrogen-bond acceptors (Lipinski definition) is 27. The fraction of sp³-hybridized carbons (Fsp3) is 0.717. The number of aliphatic carboxylic acids is 3. The molecule has 12 amide bonds. The quantitative estimate of drug-likeness (QED) is 0.00884. The monoisotopic (exact) mass is 1620 g/mol. The predicted octanol–water partition coefficient (Wildman–Crippen LogP) is -12.9. The molecule has 7 atom stereocenters. The Hall–Kier alpha value is -8.39. The normalized spacial score (nSPS) is 15.0. The molecule has 1 saturated heterocycles. The molecule has 605 valence electrons. The van der Waals surface area contributed by atoms with E-state index in [0.29, 0.717) is 0 Å². The van der Waals surface area contributed by atoms with Gasteiger partial charge in [-0.1, -0.05) is 13.8 Å². The van der Waals surface area contributed by atoms with Gasteiger partial charge < -0.3 is 122 Å². The van der Waals surface area contributed by atoms with Gasteiger partial charge in [0.05, 0.1) is 85.4 Å². The number of aliphatic hydroxyl groups is 1. The van der Waals surface area contributed by atoms with Crippen molar-refractivity contribution in [3.8, 4) is 0 Å². The molecule has 0 bridgehead atoms. The molecule has 1 heterocycles. The number of carbonyl (C=O) groups excluding carboxylic acids is 12. The van der Waals surface area contributed by atoms with E-state index in [0.717, 1.165) is 0 Å². The average molecular weight is 1620 g/mol. The Morgan fingerprint density at radius 2 is 0.766 bits per heavy atom. The first-order chi connectivity index (χ1) is 50.2. The number of thiol groups is 2.